The topological polar surface area (TPSA) is 60.5 Å². The summed E-state index contributed by atoms with van der Waals surface area (Å²) >= 11 is 0. The molecular weight excluding hydrogens is 352 g/mol. The highest BCUT2D eigenvalue weighted by atomic mass is 16.5. The summed E-state index contributed by atoms with van der Waals surface area (Å²) in [7, 11) is 3.32. The van der Waals surface area contributed by atoms with Crippen molar-refractivity contribution in [2.24, 2.45) is 11.8 Å². The maximum absolute atomic E-state index is 12.7. The van der Waals surface area contributed by atoms with Gasteiger partial charge in [-0.2, -0.15) is 0 Å². The Balaban J connectivity index is 1.53. The number of benzene rings is 1. The van der Waals surface area contributed by atoms with Gasteiger partial charge in [0.2, 0.25) is 5.91 Å². The number of nitrogens with zero attached hydrogens (tertiary/aromatic N) is 1. The quantitative estimate of drug-likeness (QED) is 0.830. The zero-order valence-corrected chi connectivity index (χ0v) is 16.6. The average Bonchev–Trinajstić information content (AvgIpc) is 2.73. The number of methoxy groups -OCH3 is 2. The van der Waals surface area contributed by atoms with Gasteiger partial charge in [0.25, 0.3) is 0 Å². The molecule has 0 bridgehead atoms. The van der Waals surface area contributed by atoms with Crippen LogP contribution in [0.4, 0.5) is 0 Å². The number of hydrogen-bond acceptors (Lipinski definition) is 4. The molecule has 148 valence electrons. The van der Waals surface area contributed by atoms with Crippen molar-refractivity contribution in [1.82, 2.24) is 10.3 Å². The van der Waals surface area contributed by atoms with Gasteiger partial charge in [0.05, 0.1) is 20.6 Å². The fourth-order valence-corrected chi connectivity index (χ4v) is 5.08. The number of carbonyl (C=O) groups is 1. The third kappa shape index (κ3) is 3.58. The highest BCUT2D eigenvalue weighted by molar-refractivity contribution is 5.78. The van der Waals surface area contributed by atoms with E-state index in [0.717, 1.165) is 17.2 Å². The number of ether oxygens (including phenoxy) is 2. The number of hydrogen-bond donors (Lipinski definition) is 1. The van der Waals surface area contributed by atoms with E-state index in [4.69, 9.17) is 9.47 Å². The minimum atomic E-state index is 0.0539. The molecule has 2 aliphatic rings. The summed E-state index contributed by atoms with van der Waals surface area (Å²) in [6.45, 7) is 0. The van der Waals surface area contributed by atoms with Gasteiger partial charge in [0.1, 0.15) is 0 Å². The summed E-state index contributed by atoms with van der Waals surface area (Å²) in [5.41, 5.74) is 2.03. The molecule has 1 aromatic heterocycles. The number of aromatic nitrogens is 1. The molecule has 4 rings (SSSR count). The van der Waals surface area contributed by atoms with Crippen LogP contribution < -0.4 is 14.8 Å². The van der Waals surface area contributed by atoms with Crippen molar-refractivity contribution in [3.05, 3.63) is 53.9 Å². The molecule has 28 heavy (non-hydrogen) atoms. The van der Waals surface area contributed by atoms with Gasteiger partial charge < -0.3 is 14.8 Å². The van der Waals surface area contributed by atoms with Crippen molar-refractivity contribution in [3.63, 3.8) is 0 Å². The molecular formula is C23H28N2O3. The molecule has 0 saturated heterocycles. The molecule has 2 saturated carbocycles. The Morgan fingerprint density at radius 2 is 1.86 bits per heavy atom. The molecule has 1 aromatic carbocycles. The molecule has 1 N–H and O–H groups in total. The highest BCUT2D eigenvalue weighted by Crippen LogP contribution is 2.55. The summed E-state index contributed by atoms with van der Waals surface area (Å²) in [6.07, 6.45) is 7.02. The van der Waals surface area contributed by atoms with Crippen LogP contribution in [0.3, 0.4) is 0 Å². The lowest BCUT2D eigenvalue weighted by Gasteiger charge is -2.55. The summed E-state index contributed by atoms with van der Waals surface area (Å²) in [5.74, 6) is 3.07. The number of fused-ring (bicyclic) bond motifs is 1. The van der Waals surface area contributed by atoms with E-state index in [9.17, 15) is 4.79 Å². The first-order chi connectivity index (χ1) is 13.7. The van der Waals surface area contributed by atoms with Gasteiger partial charge in [-0.1, -0.05) is 25.0 Å². The number of nitrogens with one attached hydrogen (secondary N) is 1. The summed E-state index contributed by atoms with van der Waals surface area (Å²) in [4.78, 5) is 17.0. The van der Waals surface area contributed by atoms with Crippen molar-refractivity contribution in [2.45, 2.75) is 44.1 Å². The second kappa shape index (κ2) is 8.21. The summed E-state index contributed by atoms with van der Waals surface area (Å²) < 4.78 is 10.9. The van der Waals surface area contributed by atoms with Gasteiger partial charge in [0, 0.05) is 23.9 Å². The van der Waals surface area contributed by atoms with Crippen LogP contribution in [-0.2, 0) is 11.2 Å². The number of pyridine rings is 1. The first-order valence-corrected chi connectivity index (χ1v) is 10.1. The molecule has 2 fully saturated rings. The third-order valence-corrected chi connectivity index (χ3v) is 6.37. The lowest BCUT2D eigenvalue weighted by molar-refractivity contribution is -0.124. The van der Waals surface area contributed by atoms with E-state index in [-0.39, 0.29) is 11.9 Å². The van der Waals surface area contributed by atoms with Crippen LogP contribution in [0.5, 0.6) is 11.5 Å². The molecule has 4 atom stereocenters. The predicted octanol–water partition coefficient (Wildman–Crippen LogP) is 3.73. The van der Waals surface area contributed by atoms with Crippen molar-refractivity contribution in [2.75, 3.05) is 14.2 Å². The Hall–Kier alpha value is -2.56. The lowest BCUT2D eigenvalue weighted by Crippen LogP contribution is -2.59. The van der Waals surface area contributed by atoms with Crippen LogP contribution in [0, 0.1) is 11.8 Å². The van der Waals surface area contributed by atoms with Crippen LogP contribution in [0.25, 0.3) is 0 Å². The maximum Gasteiger partial charge on any atom is 0.226 e. The standard InChI is InChI=1S/C23H28N2O3/c1-27-19-11-10-15(13-20(19)28-2)22-17-8-3-4-9-18(17)23(22)25-21(26)14-16-7-5-6-12-24-16/h5-7,10-13,17-18,22-23H,3-4,8-9,14H2,1-2H3,(H,25,26)/t17-,18+,22+,23+/m1/s1. The van der Waals surface area contributed by atoms with E-state index in [1.165, 1.54) is 31.2 Å². The van der Waals surface area contributed by atoms with Crippen LogP contribution in [0.1, 0.15) is 42.9 Å². The lowest BCUT2D eigenvalue weighted by atomic mass is 9.53. The van der Waals surface area contributed by atoms with E-state index in [0.29, 0.717) is 24.2 Å². The molecule has 2 aliphatic carbocycles. The highest BCUT2D eigenvalue weighted by Gasteiger charge is 2.51. The molecule has 1 amide bonds. The van der Waals surface area contributed by atoms with Crippen molar-refractivity contribution >= 4 is 5.91 Å². The van der Waals surface area contributed by atoms with E-state index >= 15 is 0 Å². The Kier molecular flexibility index (Phi) is 5.51. The normalized spacial score (nSPS) is 25.9. The second-order valence-electron chi connectivity index (χ2n) is 7.84. The van der Waals surface area contributed by atoms with E-state index < -0.39 is 0 Å². The maximum atomic E-state index is 12.7. The monoisotopic (exact) mass is 380 g/mol. The average molecular weight is 380 g/mol. The van der Waals surface area contributed by atoms with Crippen LogP contribution in [0.2, 0.25) is 0 Å². The molecule has 1 heterocycles. The van der Waals surface area contributed by atoms with Gasteiger partial charge in [-0.05, 0) is 54.5 Å². The Bertz CT molecular complexity index is 824. The van der Waals surface area contributed by atoms with Gasteiger partial charge in [-0.3, -0.25) is 9.78 Å². The minimum Gasteiger partial charge on any atom is -0.493 e. The minimum absolute atomic E-state index is 0.0539. The van der Waals surface area contributed by atoms with E-state index in [1.807, 2.05) is 24.3 Å². The first kappa shape index (κ1) is 18.8. The van der Waals surface area contributed by atoms with E-state index in [1.54, 1.807) is 20.4 Å². The Morgan fingerprint density at radius 1 is 1.07 bits per heavy atom. The SMILES string of the molecule is COc1ccc([C@H]2[C@@H]3CCCC[C@@H]3[C@@H]2NC(=O)Cc2ccccn2)cc1OC. The zero-order chi connectivity index (χ0) is 19.5. The molecule has 0 radical (unpaired) electrons. The third-order valence-electron chi connectivity index (χ3n) is 6.37. The van der Waals surface area contributed by atoms with Gasteiger partial charge >= 0.3 is 0 Å². The molecule has 0 unspecified atom stereocenters. The Morgan fingerprint density at radius 3 is 2.57 bits per heavy atom. The Labute approximate surface area is 166 Å². The first-order valence-electron chi connectivity index (χ1n) is 10.1. The largest absolute Gasteiger partial charge is 0.493 e. The number of amides is 1. The molecule has 2 aromatic rings. The fourth-order valence-electron chi connectivity index (χ4n) is 5.08. The van der Waals surface area contributed by atoms with Crippen molar-refractivity contribution in [3.8, 4) is 11.5 Å². The zero-order valence-electron chi connectivity index (χ0n) is 16.6. The molecule has 5 heteroatoms. The van der Waals surface area contributed by atoms with Gasteiger partial charge in [-0.25, -0.2) is 0 Å². The summed E-state index contributed by atoms with van der Waals surface area (Å²) in [6, 6.07) is 12.0. The van der Waals surface area contributed by atoms with Gasteiger partial charge in [-0.15, -0.1) is 0 Å². The smallest absolute Gasteiger partial charge is 0.226 e. The molecule has 5 nitrogen and oxygen atoms in total. The van der Waals surface area contributed by atoms with Gasteiger partial charge in [0.15, 0.2) is 11.5 Å². The van der Waals surface area contributed by atoms with E-state index in [2.05, 4.69) is 22.4 Å². The van der Waals surface area contributed by atoms with Crippen LogP contribution >= 0.6 is 0 Å². The fraction of sp³-hybridized carbons (Fsp3) is 0.478. The molecule has 0 aliphatic heterocycles. The predicted molar refractivity (Wildman–Crippen MR) is 108 cm³/mol. The number of rotatable bonds is 6. The second-order valence-corrected chi connectivity index (χ2v) is 7.84. The van der Waals surface area contributed by atoms with Crippen molar-refractivity contribution < 1.29 is 14.3 Å². The van der Waals surface area contributed by atoms with Crippen LogP contribution in [0.15, 0.2) is 42.6 Å². The van der Waals surface area contributed by atoms with Crippen molar-refractivity contribution in [1.29, 1.82) is 0 Å². The summed E-state index contributed by atoms with van der Waals surface area (Å²) in [5, 5.41) is 3.33. The number of carbonyl (C=O) groups excluding carboxylic acids is 1. The molecule has 0 spiro atoms. The van der Waals surface area contributed by atoms with Crippen LogP contribution in [-0.4, -0.2) is 31.2 Å².